The van der Waals surface area contributed by atoms with Crippen molar-refractivity contribution in [1.29, 1.82) is 0 Å². The Morgan fingerprint density at radius 2 is 1.20 bits per heavy atom. The van der Waals surface area contributed by atoms with Crippen LogP contribution in [0.2, 0.25) is 0 Å². The van der Waals surface area contributed by atoms with E-state index in [9.17, 15) is 61.5 Å². The molecule has 0 spiro atoms. The van der Waals surface area contributed by atoms with Crippen molar-refractivity contribution < 1.29 is 66.0 Å². The van der Waals surface area contributed by atoms with Gasteiger partial charge in [-0.3, -0.25) is 0 Å². The molecule has 0 aliphatic heterocycles. The third-order valence-electron chi connectivity index (χ3n) is 5.40. The molecule has 0 amide bonds. The molecule has 0 fully saturated rings. The van der Waals surface area contributed by atoms with Crippen LogP contribution < -0.4 is 9.47 Å². The molecule has 0 N–H and O–H groups in total. The molecule has 0 aliphatic rings. The van der Waals surface area contributed by atoms with Crippen LogP contribution in [0.5, 0.6) is 0 Å². The van der Waals surface area contributed by atoms with E-state index in [0.29, 0.717) is 18.8 Å². The number of benzene rings is 1. The SMILES string of the molecule is CCN(CC)c1ccc(/N=N/c2n(CC(F)(F)C(F)(F)C(F)(F)F)nc[n+]2CC(F)(F)C(F)(F)C(F)(F)F)cc1. The van der Waals surface area contributed by atoms with E-state index >= 15 is 0 Å². The lowest BCUT2D eigenvalue weighted by molar-refractivity contribution is -0.708. The molecule has 1 heterocycles. The van der Waals surface area contributed by atoms with E-state index in [2.05, 4.69) is 15.3 Å². The first-order valence-corrected chi connectivity index (χ1v) is 10.9. The summed E-state index contributed by atoms with van der Waals surface area (Å²) in [6.07, 6.45) is -13.7. The molecule has 0 atom stereocenters. The number of azo groups is 1. The van der Waals surface area contributed by atoms with E-state index in [1.807, 2.05) is 18.7 Å². The summed E-state index contributed by atoms with van der Waals surface area (Å²) in [4.78, 5) is 1.84. The van der Waals surface area contributed by atoms with Crippen LogP contribution in [-0.4, -0.2) is 58.9 Å². The minimum atomic E-state index is -6.80. The van der Waals surface area contributed by atoms with Gasteiger partial charge in [-0.1, -0.05) is 5.11 Å². The monoisotopic (exact) mass is 609 g/mol. The van der Waals surface area contributed by atoms with Gasteiger partial charge < -0.3 is 4.90 Å². The lowest BCUT2D eigenvalue weighted by atomic mass is 10.1. The number of anilines is 1. The van der Waals surface area contributed by atoms with Crippen molar-refractivity contribution in [3.05, 3.63) is 30.6 Å². The molecular formula is C20H19F14N6+. The third kappa shape index (κ3) is 6.39. The Morgan fingerprint density at radius 1 is 0.725 bits per heavy atom. The van der Waals surface area contributed by atoms with Crippen molar-refractivity contribution in [2.75, 3.05) is 18.0 Å². The molecule has 0 saturated carbocycles. The maximum absolute atomic E-state index is 14.0. The van der Waals surface area contributed by atoms with Crippen molar-refractivity contribution in [1.82, 2.24) is 9.78 Å². The Kier molecular flexibility index (Phi) is 9.06. The minimum absolute atomic E-state index is 0.0833. The van der Waals surface area contributed by atoms with E-state index < -0.39 is 59.8 Å². The highest BCUT2D eigenvalue weighted by Crippen LogP contribution is 2.48. The number of nitrogens with zero attached hydrogens (tertiary/aromatic N) is 6. The summed E-state index contributed by atoms with van der Waals surface area (Å²) in [7, 11) is 0. The quantitative estimate of drug-likeness (QED) is 0.155. The maximum atomic E-state index is 14.0. The molecule has 40 heavy (non-hydrogen) atoms. The van der Waals surface area contributed by atoms with Gasteiger partial charge in [-0.2, -0.15) is 61.5 Å². The van der Waals surface area contributed by atoms with Gasteiger partial charge in [-0.15, -0.1) is 4.68 Å². The smallest absolute Gasteiger partial charge is 0.372 e. The number of hydrogen-bond acceptors (Lipinski definition) is 4. The van der Waals surface area contributed by atoms with E-state index in [0.717, 1.165) is 0 Å². The van der Waals surface area contributed by atoms with Gasteiger partial charge in [0.15, 0.2) is 6.54 Å². The Hall–Kier alpha value is -3.22. The van der Waals surface area contributed by atoms with E-state index in [1.165, 1.54) is 24.3 Å². The van der Waals surface area contributed by atoms with Crippen LogP contribution >= 0.6 is 0 Å². The summed E-state index contributed by atoms with van der Waals surface area (Å²) < 4.78 is 184. The van der Waals surface area contributed by atoms with Gasteiger partial charge in [-0.25, -0.2) is 4.57 Å². The van der Waals surface area contributed by atoms with Crippen molar-refractivity contribution in [2.24, 2.45) is 10.2 Å². The zero-order chi connectivity index (χ0) is 30.9. The average molecular weight is 609 g/mol. The molecule has 0 unspecified atom stereocenters. The highest BCUT2D eigenvalue weighted by molar-refractivity contribution is 5.52. The molecule has 0 saturated heterocycles. The molecule has 2 aromatic rings. The highest BCUT2D eigenvalue weighted by atomic mass is 19.4. The van der Waals surface area contributed by atoms with Gasteiger partial charge in [0.2, 0.25) is 6.33 Å². The van der Waals surface area contributed by atoms with Crippen molar-refractivity contribution in [3.8, 4) is 0 Å². The molecule has 6 nitrogen and oxygen atoms in total. The second kappa shape index (κ2) is 11.0. The first-order chi connectivity index (χ1) is 18.0. The first kappa shape index (κ1) is 33.0. The fourth-order valence-corrected chi connectivity index (χ4v) is 3.15. The van der Waals surface area contributed by atoms with Crippen molar-refractivity contribution in [3.63, 3.8) is 0 Å². The fraction of sp³-hybridized carbons (Fsp3) is 0.600. The molecular weight excluding hydrogens is 590 g/mol. The Labute approximate surface area is 215 Å². The van der Waals surface area contributed by atoms with Gasteiger partial charge in [0.05, 0.1) is 5.69 Å². The number of alkyl halides is 14. The first-order valence-electron chi connectivity index (χ1n) is 10.9. The second-order valence-electron chi connectivity index (χ2n) is 8.16. The Bertz CT molecular complexity index is 1110. The Balaban J connectivity index is 2.57. The standard InChI is InChI=1S/C20H19F14N6/c1-3-38(4-2)13-7-5-12(6-8-13)36-37-14-39(9-15(21,22)17(25,26)19(29,30)31)11-35-40(14)10-16(23,24)18(27,28)20(32,33)34/h5-8,11H,3-4,9-10H2,1-2H3/q+1. The summed E-state index contributed by atoms with van der Waals surface area (Å²) in [6, 6.07) is 5.34. The topological polar surface area (TPSA) is 49.7 Å². The normalized spacial score (nSPS) is 14.3. The van der Waals surface area contributed by atoms with Crippen LogP contribution in [0.1, 0.15) is 13.8 Å². The molecule has 0 bridgehead atoms. The fourth-order valence-electron chi connectivity index (χ4n) is 3.15. The predicted molar refractivity (Wildman–Crippen MR) is 108 cm³/mol. The number of hydrogen-bond donors (Lipinski definition) is 0. The lowest BCUT2D eigenvalue weighted by Gasteiger charge is -2.27. The summed E-state index contributed by atoms with van der Waals surface area (Å²) in [5, 5.41) is 9.46. The van der Waals surface area contributed by atoms with Gasteiger partial charge in [0.25, 0.3) is 0 Å². The van der Waals surface area contributed by atoms with Gasteiger partial charge >= 0.3 is 42.0 Å². The molecule has 1 aromatic heterocycles. The van der Waals surface area contributed by atoms with Gasteiger partial charge in [0.1, 0.15) is 6.54 Å². The molecule has 0 aliphatic carbocycles. The van der Waals surface area contributed by atoms with Gasteiger partial charge in [0, 0.05) is 23.9 Å². The number of rotatable bonds is 11. The minimum Gasteiger partial charge on any atom is -0.372 e. The summed E-state index contributed by atoms with van der Waals surface area (Å²) >= 11 is 0. The Morgan fingerprint density at radius 3 is 1.65 bits per heavy atom. The van der Waals surface area contributed by atoms with Crippen LogP contribution in [-0.2, 0) is 13.1 Å². The van der Waals surface area contributed by atoms with Crippen LogP contribution in [0.15, 0.2) is 40.8 Å². The van der Waals surface area contributed by atoms with Crippen molar-refractivity contribution in [2.45, 2.75) is 63.0 Å². The summed E-state index contributed by atoms with van der Waals surface area (Å²) in [6.45, 7) is -0.617. The largest absolute Gasteiger partial charge is 0.459 e. The zero-order valence-electron chi connectivity index (χ0n) is 20.2. The van der Waals surface area contributed by atoms with Crippen LogP contribution in [0, 0.1) is 0 Å². The second-order valence-corrected chi connectivity index (χ2v) is 8.16. The maximum Gasteiger partial charge on any atom is 0.459 e. The molecule has 1 aromatic carbocycles. The third-order valence-corrected chi connectivity index (χ3v) is 5.40. The molecule has 226 valence electrons. The predicted octanol–water partition coefficient (Wildman–Crippen LogP) is 7.10. The van der Waals surface area contributed by atoms with Gasteiger partial charge in [-0.05, 0) is 43.2 Å². The lowest BCUT2D eigenvalue weighted by Crippen LogP contribution is -2.58. The zero-order valence-corrected chi connectivity index (χ0v) is 20.2. The molecule has 20 heteroatoms. The molecule has 2 rings (SSSR count). The van der Waals surface area contributed by atoms with Crippen LogP contribution in [0.25, 0.3) is 0 Å². The van der Waals surface area contributed by atoms with E-state index in [4.69, 9.17) is 0 Å². The summed E-state index contributed by atoms with van der Waals surface area (Å²) in [5.41, 5.74) is 0.446. The van der Waals surface area contributed by atoms with Crippen LogP contribution in [0.3, 0.4) is 0 Å². The average Bonchev–Trinajstić information content (AvgIpc) is 3.17. The van der Waals surface area contributed by atoms with E-state index in [-0.39, 0.29) is 16.6 Å². The molecule has 0 radical (unpaired) electrons. The summed E-state index contributed by atoms with van der Waals surface area (Å²) in [5.74, 6) is -26.9. The van der Waals surface area contributed by atoms with Crippen LogP contribution in [0.4, 0.5) is 78.8 Å². The highest BCUT2D eigenvalue weighted by Gasteiger charge is 2.75. The number of halogens is 14. The number of aromatic nitrogens is 3. The van der Waals surface area contributed by atoms with Crippen molar-refractivity contribution >= 4 is 17.3 Å². The van der Waals surface area contributed by atoms with E-state index in [1.54, 1.807) is 0 Å².